The van der Waals surface area contributed by atoms with Crippen molar-refractivity contribution in [3.63, 3.8) is 0 Å². The number of hydrogen-bond donors (Lipinski definition) is 1. The molecule has 1 saturated carbocycles. The number of ketones is 1. The quantitative estimate of drug-likeness (QED) is 0.666. The molecule has 0 aromatic heterocycles. The fraction of sp³-hybridized carbons (Fsp3) is 0.727. The van der Waals surface area contributed by atoms with Crippen LogP contribution in [0.2, 0.25) is 0 Å². The Morgan fingerprint density at radius 1 is 1.31 bits per heavy atom. The van der Waals surface area contributed by atoms with Gasteiger partial charge in [0.05, 0.1) is 6.10 Å². The molecule has 72 valence electrons. The SMILES string of the molecule is O=C1C=C[C@H]([C@@H]2CCC[C@H]2O)CC1. The maximum Gasteiger partial charge on any atom is 0.155 e. The molecule has 3 atom stereocenters. The average Bonchev–Trinajstić information content (AvgIpc) is 2.53. The second-order valence-corrected chi connectivity index (χ2v) is 4.19. The standard InChI is InChI=1S/C11H16O2/c12-9-6-4-8(5-7-9)10-2-1-3-11(10)13/h4,6,8,10-11,13H,1-3,5,7H2/t8-,10-,11+/m0/s1. The van der Waals surface area contributed by atoms with Gasteiger partial charge in [-0.15, -0.1) is 0 Å². The molecule has 2 aliphatic carbocycles. The molecule has 0 aliphatic heterocycles. The minimum absolute atomic E-state index is 0.122. The van der Waals surface area contributed by atoms with E-state index in [9.17, 15) is 9.90 Å². The van der Waals surface area contributed by atoms with E-state index in [2.05, 4.69) is 0 Å². The van der Waals surface area contributed by atoms with Gasteiger partial charge in [-0.25, -0.2) is 0 Å². The number of carbonyl (C=O) groups is 1. The van der Waals surface area contributed by atoms with Gasteiger partial charge in [0.2, 0.25) is 0 Å². The molecule has 0 bridgehead atoms. The van der Waals surface area contributed by atoms with Crippen molar-refractivity contribution >= 4 is 5.78 Å². The second-order valence-electron chi connectivity index (χ2n) is 4.19. The fourth-order valence-electron chi connectivity index (χ4n) is 2.54. The molecule has 0 saturated heterocycles. The average molecular weight is 180 g/mol. The number of hydrogen-bond acceptors (Lipinski definition) is 2. The van der Waals surface area contributed by atoms with Crippen molar-refractivity contribution in [3.8, 4) is 0 Å². The lowest BCUT2D eigenvalue weighted by Crippen LogP contribution is -2.24. The smallest absolute Gasteiger partial charge is 0.155 e. The molecule has 0 heterocycles. The van der Waals surface area contributed by atoms with Gasteiger partial charge in [-0.05, 0) is 37.2 Å². The molecule has 2 aliphatic rings. The first-order valence-electron chi connectivity index (χ1n) is 5.16. The van der Waals surface area contributed by atoms with Crippen LogP contribution in [0.5, 0.6) is 0 Å². The first-order chi connectivity index (χ1) is 6.27. The van der Waals surface area contributed by atoms with Crippen LogP contribution >= 0.6 is 0 Å². The summed E-state index contributed by atoms with van der Waals surface area (Å²) in [6.07, 6.45) is 8.41. The van der Waals surface area contributed by atoms with Crippen molar-refractivity contribution < 1.29 is 9.90 Å². The molecule has 2 nitrogen and oxygen atoms in total. The maximum absolute atomic E-state index is 11.0. The predicted octanol–water partition coefficient (Wildman–Crippen LogP) is 1.68. The summed E-state index contributed by atoms with van der Waals surface area (Å²) in [7, 11) is 0. The van der Waals surface area contributed by atoms with Crippen LogP contribution in [-0.2, 0) is 4.79 Å². The maximum atomic E-state index is 11.0. The van der Waals surface area contributed by atoms with Crippen LogP contribution in [0.4, 0.5) is 0 Å². The summed E-state index contributed by atoms with van der Waals surface area (Å²) in [5, 5.41) is 9.69. The number of aliphatic hydroxyl groups is 1. The first kappa shape index (κ1) is 8.95. The number of allylic oxidation sites excluding steroid dienone is 2. The molecular formula is C11H16O2. The molecule has 0 aromatic carbocycles. The van der Waals surface area contributed by atoms with E-state index in [1.165, 1.54) is 0 Å². The lowest BCUT2D eigenvalue weighted by Gasteiger charge is -2.25. The second kappa shape index (κ2) is 3.62. The van der Waals surface area contributed by atoms with Gasteiger partial charge in [0.25, 0.3) is 0 Å². The normalized spacial score (nSPS) is 39.8. The van der Waals surface area contributed by atoms with Crippen LogP contribution in [0.25, 0.3) is 0 Å². The number of carbonyl (C=O) groups excluding carboxylic acids is 1. The molecule has 2 heteroatoms. The van der Waals surface area contributed by atoms with E-state index >= 15 is 0 Å². The molecular weight excluding hydrogens is 164 g/mol. The Kier molecular flexibility index (Phi) is 2.49. The van der Waals surface area contributed by atoms with E-state index < -0.39 is 0 Å². The van der Waals surface area contributed by atoms with Crippen LogP contribution < -0.4 is 0 Å². The summed E-state index contributed by atoms with van der Waals surface area (Å²) in [6, 6.07) is 0. The van der Waals surface area contributed by atoms with Crippen molar-refractivity contribution in [1.29, 1.82) is 0 Å². The van der Waals surface area contributed by atoms with Crippen LogP contribution in [-0.4, -0.2) is 17.0 Å². The van der Waals surface area contributed by atoms with Crippen molar-refractivity contribution in [3.05, 3.63) is 12.2 Å². The molecule has 0 aromatic rings. The minimum atomic E-state index is -0.122. The van der Waals surface area contributed by atoms with E-state index in [1.807, 2.05) is 6.08 Å². The van der Waals surface area contributed by atoms with Gasteiger partial charge in [0.1, 0.15) is 0 Å². The topological polar surface area (TPSA) is 37.3 Å². The molecule has 1 fully saturated rings. The molecule has 0 amide bonds. The Labute approximate surface area is 78.6 Å². The zero-order valence-electron chi connectivity index (χ0n) is 7.78. The third-order valence-corrected chi connectivity index (χ3v) is 3.33. The molecule has 0 radical (unpaired) electrons. The van der Waals surface area contributed by atoms with E-state index in [-0.39, 0.29) is 11.9 Å². The van der Waals surface area contributed by atoms with E-state index in [4.69, 9.17) is 0 Å². The van der Waals surface area contributed by atoms with Crippen molar-refractivity contribution in [1.82, 2.24) is 0 Å². The minimum Gasteiger partial charge on any atom is -0.393 e. The Balaban J connectivity index is 2.01. The lowest BCUT2D eigenvalue weighted by atomic mass is 9.82. The van der Waals surface area contributed by atoms with Gasteiger partial charge in [-0.1, -0.05) is 12.5 Å². The molecule has 0 unspecified atom stereocenters. The zero-order chi connectivity index (χ0) is 9.26. The van der Waals surface area contributed by atoms with Crippen LogP contribution in [0.3, 0.4) is 0 Å². The lowest BCUT2D eigenvalue weighted by molar-refractivity contribution is -0.115. The highest BCUT2D eigenvalue weighted by atomic mass is 16.3. The van der Waals surface area contributed by atoms with Crippen LogP contribution in [0.15, 0.2) is 12.2 Å². The Bertz CT molecular complexity index is 232. The molecule has 2 rings (SSSR count). The highest BCUT2D eigenvalue weighted by molar-refractivity contribution is 5.90. The van der Waals surface area contributed by atoms with Crippen molar-refractivity contribution in [2.24, 2.45) is 11.8 Å². The molecule has 1 N–H and O–H groups in total. The Hall–Kier alpha value is -0.630. The first-order valence-corrected chi connectivity index (χ1v) is 5.16. The van der Waals surface area contributed by atoms with Gasteiger partial charge in [0.15, 0.2) is 5.78 Å². The van der Waals surface area contributed by atoms with E-state index in [0.29, 0.717) is 18.3 Å². The number of rotatable bonds is 1. The van der Waals surface area contributed by atoms with Crippen LogP contribution in [0.1, 0.15) is 32.1 Å². The summed E-state index contributed by atoms with van der Waals surface area (Å²) in [6.45, 7) is 0. The summed E-state index contributed by atoms with van der Waals surface area (Å²) >= 11 is 0. The van der Waals surface area contributed by atoms with Gasteiger partial charge in [-0.3, -0.25) is 4.79 Å². The van der Waals surface area contributed by atoms with E-state index in [0.717, 1.165) is 25.7 Å². The van der Waals surface area contributed by atoms with E-state index in [1.54, 1.807) is 6.08 Å². The van der Waals surface area contributed by atoms with Gasteiger partial charge < -0.3 is 5.11 Å². The monoisotopic (exact) mass is 180 g/mol. The summed E-state index contributed by atoms with van der Waals surface area (Å²) in [4.78, 5) is 11.0. The van der Waals surface area contributed by atoms with Crippen LogP contribution in [0, 0.1) is 11.8 Å². The molecule has 0 spiro atoms. The summed E-state index contributed by atoms with van der Waals surface area (Å²) in [5.41, 5.74) is 0. The predicted molar refractivity (Wildman–Crippen MR) is 50.2 cm³/mol. The summed E-state index contributed by atoms with van der Waals surface area (Å²) in [5.74, 6) is 1.11. The number of aliphatic hydroxyl groups excluding tert-OH is 1. The highest BCUT2D eigenvalue weighted by Crippen LogP contribution is 2.36. The Morgan fingerprint density at radius 2 is 2.15 bits per heavy atom. The third kappa shape index (κ3) is 1.83. The Morgan fingerprint density at radius 3 is 2.69 bits per heavy atom. The van der Waals surface area contributed by atoms with Crippen molar-refractivity contribution in [2.45, 2.75) is 38.2 Å². The molecule has 13 heavy (non-hydrogen) atoms. The van der Waals surface area contributed by atoms with Gasteiger partial charge >= 0.3 is 0 Å². The summed E-state index contributed by atoms with van der Waals surface area (Å²) < 4.78 is 0. The van der Waals surface area contributed by atoms with Gasteiger partial charge in [-0.2, -0.15) is 0 Å². The van der Waals surface area contributed by atoms with Gasteiger partial charge in [0, 0.05) is 6.42 Å². The highest BCUT2D eigenvalue weighted by Gasteiger charge is 2.32. The van der Waals surface area contributed by atoms with Crippen molar-refractivity contribution in [2.75, 3.05) is 0 Å². The largest absolute Gasteiger partial charge is 0.393 e. The zero-order valence-corrected chi connectivity index (χ0v) is 7.78. The fourth-order valence-corrected chi connectivity index (χ4v) is 2.54. The third-order valence-electron chi connectivity index (χ3n) is 3.33.